The molecule has 4 nitrogen and oxygen atoms in total. The van der Waals surface area contributed by atoms with Crippen LogP contribution in [-0.4, -0.2) is 22.9 Å². The zero-order valence-corrected chi connectivity index (χ0v) is 14.4. The molecule has 3 rings (SSSR count). The molecule has 2 aromatic heterocycles. The van der Waals surface area contributed by atoms with Crippen molar-refractivity contribution >= 4 is 16.7 Å². The normalized spacial score (nSPS) is 11.5. The Bertz CT molecular complexity index is 893. The van der Waals surface area contributed by atoms with Crippen LogP contribution in [0.1, 0.15) is 36.8 Å². The van der Waals surface area contributed by atoms with Gasteiger partial charge in [0.25, 0.3) is 5.91 Å². The lowest BCUT2D eigenvalue weighted by Crippen LogP contribution is -2.18. The van der Waals surface area contributed by atoms with Crippen molar-refractivity contribution in [3.63, 3.8) is 0 Å². The molecule has 3 aromatic rings. The van der Waals surface area contributed by atoms with Crippen molar-refractivity contribution in [3.8, 4) is 11.3 Å². The summed E-state index contributed by atoms with van der Waals surface area (Å²) in [5.74, 6) is -0.192. The van der Waals surface area contributed by atoms with E-state index in [-0.39, 0.29) is 11.3 Å². The fourth-order valence-electron chi connectivity index (χ4n) is 2.79. The van der Waals surface area contributed by atoms with E-state index in [1.54, 1.807) is 19.3 Å². The second-order valence-electron chi connectivity index (χ2n) is 6.86. The van der Waals surface area contributed by atoms with Gasteiger partial charge in [0.2, 0.25) is 0 Å². The molecule has 122 valence electrons. The molecule has 0 bridgehead atoms. The molecule has 0 spiro atoms. The van der Waals surface area contributed by atoms with Gasteiger partial charge in [-0.25, -0.2) is 0 Å². The molecule has 0 fully saturated rings. The molecule has 1 N–H and O–H groups in total. The number of rotatable bonds is 2. The summed E-state index contributed by atoms with van der Waals surface area (Å²) in [6, 6.07) is 12.0. The van der Waals surface area contributed by atoms with Crippen molar-refractivity contribution in [1.29, 1.82) is 0 Å². The molecule has 0 aliphatic rings. The van der Waals surface area contributed by atoms with E-state index in [9.17, 15) is 4.79 Å². The monoisotopic (exact) mass is 319 g/mol. The topological polar surface area (TPSA) is 54.9 Å². The van der Waals surface area contributed by atoms with Crippen LogP contribution in [0.2, 0.25) is 0 Å². The maximum atomic E-state index is 11.6. The quantitative estimate of drug-likeness (QED) is 0.778. The van der Waals surface area contributed by atoms with E-state index in [1.165, 1.54) is 10.9 Å². The Kier molecular flexibility index (Phi) is 4.06. The van der Waals surface area contributed by atoms with Gasteiger partial charge in [-0.15, -0.1) is 0 Å². The molecule has 24 heavy (non-hydrogen) atoms. The van der Waals surface area contributed by atoms with E-state index in [2.05, 4.69) is 60.3 Å². The zero-order valence-electron chi connectivity index (χ0n) is 14.4. The van der Waals surface area contributed by atoms with Crippen molar-refractivity contribution < 1.29 is 4.79 Å². The number of aromatic nitrogens is 2. The summed E-state index contributed by atoms with van der Waals surface area (Å²) in [7, 11) is 1.59. The first-order chi connectivity index (χ1) is 11.4. The third-order valence-electron chi connectivity index (χ3n) is 4.09. The lowest BCUT2D eigenvalue weighted by Gasteiger charge is -2.21. The molecular weight excluding hydrogens is 298 g/mol. The van der Waals surface area contributed by atoms with E-state index < -0.39 is 0 Å². The Balaban J connectivity index is 2.04. The Hall–Kier alpha value is -2.75. The Morgan fingerprint density at radius 3 is 2.46 bits per heavy atom. The second kappa shape index (κ2) is 6.04. The highest BCUT2D eigenvalue weighted by atomic mass is 16.1. The number of hydrogen-bond acceptors (Lipinski definition) is 3. The maximum Gasteiger partial charge on any atom is 0.269 e. The van der Waals surface area contributed by atoms with Crippen LogP contribution in [0.3, 0.4) is 0 Å². The number of fused-ring (bicyclic) bond motifs is 1. The standard InChI is InChI=1S/C20H21N3O/c1-20(2,3)16-7-5-6-13-10-18(23-12-15(13)16)14-8-9-17(22-11-14)19(24)21-4/h5-12H,1-4H3,(H,21,24). The Morgan fingerprint density at radius 2 is 1.83 bits per heavy atom. The number of amides is 1. The summed E-state index contributed by atoms with van der Waals surface area (Å²) >= 11 is 0. The van der Waals surface area contributed by atoms with Gasteiger partial charge >= 0.3 is 0 Å². The highest BCUT2D eigenvalue weighted by Crippen LogP contribution is 2.31. The van der Waals surface area contributed by atoms with Gasteiger partial charge in [-0.1, -0.05) is 39.0 Å². The van der Waals surface area contributed by atoms with Gasteiger partial charge in [-0.3, -0.25) is 14.8 Å². The average Bonchev–Trinajstić information content (AvgIpc) is 2.59. The van der Waals surface area contributed by atoms with E-state index in [4.69, 9.17) is 0 Å². The van der Waals surface area contributed by atoms with Gasteiger partial charge in [0.05, 0.1) is 5.69 Å². The predicted octanol–water partition coefficient (Wildman–Crippen LogP) is 3.95. The molecule has 0 unspecified atom stereocenters. The van der Waals surface area contributed by atoms with Crippen molar-refractivity contribution in [2.24, 2.45) is 0 Å². The van der Waals surface area contributed by atoms with Crippen LogP contribution in [0.15, 0.2) is 48.8 Å². The van der Waals surface area contributed by atoms with Crippen molar-refractivity contribution in [3.05, 3.63) is 60.0 Å². The fraction of sp³-hybridized carbons (Fsp3) is 0.250. The molecule has 0 atom stereocenters. The highest BCUT2D eigenvalue weighted by Gasteiger charge is 2.17. The zero-order chi connectivity index (χ0) is 17.3. The van der Waals surface area contributed by atoms with Gasteiger partial charge in [0, 0.05) is 30.4 Å². The molecule has 2 heterocycles. The average molecular weight is 319 g/mol. The van der Waals surface area contributed by atoms with Crippen LogP contribution >= 0.6 is 0 Å². The summed E-state index contributed by atoms with van der Waals surface area (Å²) in [4.78, 5) is 20.4. The third-order valence-corrected chi connectivity index (χ3v) is 4.09. The summed E-state index contributed by atoms with van der Waals surface area (Å²) in [6.45, 7) is 6.62. The summed E-state index contributed by atoms with van der Waals surface area (Å²) in [5, 5.41) is 4.89. The molecule has 0 aliphatic carbocycles. The van der Waals surface area contributed by atoms with Gasteiger partial charge in [0.1, 0.15) is 5.69 Å². The lowest BCUT2D eigenvalue weighted by atomic mass is 9.84. The van der Waals surface area contributed by atoms with E-state index >= 15 is 0 Å². The van der Waals surface area contributed by atoms with Crippen LogP contribution in [0.5, 0.6) is 0 Å². The van der Waals surface area contributed by atoms with Crippen LogP contribution in [0, 0.1) is 0 Å². The highest BCUT2D eigenvalue weighted by molar-refractivity contribution is 5.92. The number of nitrogens with one attached hydrogen (secondary N) is 1. The smallest absolute Gasteiger partial charge is 0.269 e. The molecular formula is C20H21N3O. The second-order valence-corrected chi connectivity index (χ2v) is 6.86. The van der Waals surface area contributed by atoms with Crippen LogP contribution in [0.25, 0.3) is 22.0 Å². The maximum absolute atomic E-state index is 11.6. The predicted molar refractivity (Wildman–Crippen MR) is 97.1 cm³/mol. The number of carbonyl (C=O) groups excluding carboxylic acids is 1. The fourth-order valence-corrected chi connectivity index (χ4v) is 2.79. The Morgan fingerprint density at radius 1 is 1.04 bits per heavy atom. The lowest BCUT2D eigenvalue weighted by molar-refractivity contribution is 0.0958. The number of pyridine rings is 2. The van der Waals surface area contributed by atoms with Gasteiger partial charge < -0.3 is 5.32 Å². The molecule has 0 aliphatic heterocycles. The third kappa shape index (κ3) is 3.00. The van der Waals surface area contributed by atoms with Gasteiger partial charge in [0.15, 0.2) is 0 Å². The van der Waals surface area contributed by atoms with Crippen molar-refractivity contribution in [2.75, 3.05) is 7.05 Å². The molecule has 1 amide bonds. The van der Waals surface area contributed by atoms with Gasteiger partial charge in [-0.05, 0) is 34.6 Å². The minimum atomic E-state index is -0.192. The molecule has 4 heteroatoms. The SMILES string of the molecule is CNC(=O)c1ccc(-c2cc3cccc(C(C)(C)C)c3cn2)cn1. The largest absolute Gasteiger partial charge is 0.354 e. The molecule has 0 saturated carbocycles. The first-order valence-corrected chi connectivity index (χ1v) is 7.98. The molecule has 1 aromatic carbocycles. The van der Waals surface area contributed by atoms with E-state index in [0.717, 1.165) is 16.6 Å². The number of hydrogen-bond donors (Lipinski definition) is 1. The van der Waals surface area contributed by atoms with Crippen LogP contribution < -0.4 is 5.32 Å². The Labute approximate surface area is 142 Å². The van der Waals surface area contributed by atoms with Crippen molar-refractivity contribution in [1.82, 2.24) is 15.3 Å². The summed E-state index contributed by atoms with van der Waals surface area (Å²) in [6.07, 6.45) is 3.62. The van der Waals surface area contributed by atoms with Crippen LogP contribution in [0.4, 0.5) is 0 Å². The summed E-state index contributed by atoms with van der Waals surface area (Å²) in [5.41, 5.74) is 3.50. The van der Waals surface area contributed by atoms with E-state index in [0.29, 0.717) is 5.69 Å². The number of carbonyl (C=O) groups is 1. The summed E-state index contributed by atoms with van der Waals surface area (Å²) < 4.78 is 0. The first kappa shape index (κ1) is 16.1. The minimum absolute atomic E-state index is 0.0689. The minimum Gasteiger partial charge on any atom is -0.354 e. The van der Waals surface area contributed by atoms with Crippen LogP contribution in [-0.2, 0) is 5.41 Å². The van der Waals surface area contributed by atoms with E-state index in [1.807, 2.05) is 12.3 Å². The number of nitrogens with zero attached hydrogens (tertiary/aromatic N) is 2. The van der Waals surface area contributed by atoms with Crippen molar-refractivity contribution in [2.45, 2.75) is 26.2 Å². The number of benzene rings is 1. The molecule has 0 radical (unpaired) electrons. The van der Waals surface area contributed by atoms with Gasteiger partial charge in [-0.2, -0.15) is 0 Å². The first-order valence-electron chi connectivity index (χ1n) is 7.98. The molecule has 0 saturated heterocycles.